The summed E-state index contributed by atoms with van der Waals surface area (Å²) in [4.78, 5) is 16.8. The van der Waals surface area contributed by atoms with Crippen LogP contribution in [0.15, 0.2) is 60.0 Å². The molecule has 4 rings (SSSR count). The molecule has 2 aromatic carbocycles. The first-order valence-corrected chi connectivity index (χ1v) is 11.4. The molecule has 0 fully saturated rings. The van der Waals surface area contributed by atoms with Crippen molar-refractivity contribution in [1.29, 1.82) is 0 Å². The van der Waals surface area contributed by atoms with Crippen molar-refractivity contribution in [2.24, 2.45) is 0 Å². The molecule has 0 bridgehead atoms. The Bertz CT molecular complexity index is 1200. The van der Waals surface area contributed by atoms with Crippen LogP contribution in [0, 0.1) is 19.7 Å². The molecule has 1 amide bonds. The third kappa shape index (κ3) is 5.00. The maximum Gasteiger partial charge on any atom is 0.282 e. The van der Waals surface area contributed by atoms with Crippen LogP contribution in [0.3, 0.4) is 0 Å². The molecule has 2 heterocycles. The van der Waals surface area contributed by atoms with Gasteiger partial charge in [-0.1, -0.05) is 47.4 Å². The van der Waals surface area contributed by atoms with Crippen molar-refractivity contribution in [2.75, 3.05) is 0 Å². The van der Waals surface area contributed by atoms with E-state index in [0.717, 1.165) is 21.4 Å². The van der Waals surface area contributed by atoms with Crippen molar-refractivity contribution in [1.82, 2.24) is 25.1 Å². The standard InChI is InChI=1S/C22H20FN5OS2/c1-14-4-3-5-18(15(14)2)28-11-10-24-22(28)30-13-19-26-27-21(31-19)20(29)25-12-16-6-8-17(23)9-7-16/h3-11H,12-13H2,1-2H3,(H,25,29). The van der Waals surface area contributed by atoms with Crippen LogP contribution in [0.4, 0.5) is 4.39 Å². The van der Waals surface area contributed by atoms with Crippen LogP contribution < -0.4 is 5.32 Å². The number of nitrogens with one attached hydrogen (secondary N) is 1. The average Bonchev–Trinajstić information content (AvgIpc) is 3.43. The normalized spacial score (nSPS) is 10.9. The van der Waals surface area contributed by atoms with Gasteiger partial charge in [-0.15, -0.1) is 10.2 Å². The molecule has 158 valence electrons. The Kier molecular flexibility index (Phi) is 6.43. The minimum absolute atomic E-state index is 0.296. The molecule has 0 unspecified atom stereocenters. The molecule has 9 heteroatoms. The number of amides is 1. The first kappa shape index (κ1) is 21.2. The van der Waals surface area contributed by atoms with Crippen LogP contribution in [0.1, 0.15) is 31.5 Å². The molecular formula is C22H20FN5OS2. The van der Waals surface area contributed by atoms with Gasteiger partial charge in [-0.25, -0.2) is 9.37 Å². The summed E-state index contributed by atoms with van der Waals surface area (Å²) in [6.45, 7) is 4.49. The second-order valence-corrected chi connectivity index (χ2v) is 8.90. The lowest BCUT2D eigenvalue weighted by atomic mass is 10.1. The van der Waals surface area contributed by atoms with E-state index in [1.54, 1.807) is 30.1 Å². The second kappa shape index (κ2) is 9.40. The minimum Gasteiger partial charge on any atom is -0.346 e. The number of nitrogens with zero attached hydrogens (tertiary/aromatic N) is 4. The van der Waals surface area contributed by atoms with Crippen molar-refractivity contribution in [3.05, 3.63) is 87.4 Å². The highest BCUT2D eigenvalue weighted by Gasteiger charge is 2.15. The maximum atomic E-state index is 13.0. The fourth-order valence-electron chi connectivity index (χ4n) is 2.97. The van der Waals surface area contributed by atoms with Gasteiger partial charge in [-0.05, 0) is 48.7 Å². The van der Waals surface area contributed by atoms with Gasteiger partial charge in [0.15, 0.2) is 5.16 Å². The summed E-state index contributed by atoms with van der Waals surface area (Å²) in [6, 6.07) is 12.2. The average molecular weight is 454 g/mol. The number of hydrogen-bond acceptors (Lipinski definition) is 6. The highest BCUT2D eigenvalue weighted by atomic mass is 32.2. The van der Waals surface area contributed by atoms with E-state index in [-0.39, 0.29) is 11.7 Å². The fraction of sp³-hybridized carbons (Fsp3) is 0.182. The maximum absolute atomic E-state index is 13.0. The number of carbonyl (C=O) groups excluding carboxylic acids is 1. The van der Waals surface area contributed by atoms with Gasteiger partial charge in [0.25, 0.3) is 5.91 Å². The molecule has 4 aromatic rings. The smallest absolute Gasteiger partial charge is 0.282 e. The highest BCUT2D eigenvalue weighted by Crippen LogP contribution is 2.27. The van der Waals surface area contributed by atoms with Crippen LogP contribution in [-0.2, 0) is 12.3 Å². The number of aryl methyl sites for hydroxylation is 1. The monoisotopic (exact) mass is 453 g/mol. The molecule has 0 aliphatic carbocycles. The van der Waals surface area contributed by atoms with E-state index >= 15 is 0 Å². The predicted molar refractivity (Wildman–Crippen MR) is 120 cm³/mol. The lowest BCUT2D eigenvalue weighted by Crippen LogP contribution is -2.22. The van der Waals surface area contributed by atoms with Crippen molar-refractivity contribution >= 4 is 29.0 Å². The van der Waals surface area contributed by atoms with Crippen molar-refractivity contribution in [2.45, 2.75) is 31.3 Å². The highest BCUT2D eigenvalue weighted by molar-refractivity contribution is 7.98. The number of thioether (sulfide) groups is 1. The van der Waals surface area contributed by atoms with Gasteiger partial charge < -0.3 is 5.32 Å². The number of hydrogen-bond donors (Lipinski definition) is 1. The summed E-state index contributed by atoms with van der Waals surface area (Å²) in [5, 5.41) is 12.8. The summed E-state index contributed by atoms with van der Waals surface area (Å²) >= 11 is 2.80. The van der Waals surface area contributed by atoms with Gasteiger partial charge in [0.05, 0.1) is 11.4 Å². The first-order valence-electron chi connectivity index (χ1n) is 9.59. The minimum atomic E-state index is -0.306. The Labute approximate surface area is 187 Å². The Morgan fingerprint density at radius 2 is 1.97 bits per heavy atom. The molecular weight excluding hydrogens is 433 g/mol. The topological polar surface area (TPSA) is 72.7 Å². The summed E-state index contributed by atoms with van der Waals surface area (Å²) in [5.41, 5.74) is 4.34. The van der Waals surface area contributed by atoms with Crippen LogP contribution in [0.25, 0.3) is 5.69 Å². The molecule has 1 N–H and O–H groups in total. The van der Waals surface area contributed by atoms with Gasteiger partial charge >= 0.3 is 0 Å². The van der Waals surface area contributed by atoms with Gasteiger partial charge in [0.1, 0.15) is 10.8 Å². The Balaban J connectivity index is 1.38. The zero-order valence-electron chi connectivity index (χ0n) is 17.0. The largest absolute Gasteiger partial charge is 0.346 e. The molecule has 31 heavy (non-hydrogen) atoms. The molecule has 0 aliphatic heterocycles. The Hall–Kier alpha value is -3.04. The molecule has 0 aliphatic rings. The first-order chi connectivity index (χ1) is 15.0. The van der Waals surface area contributed by atoms with E-state index in [1.807, 2.05) is 12.3 Å². The number of halogens is 1. The van der Waals surface area contributed by atoms with E-state index in [9.17, 15) is 9.18 Å². The van der Waals surface area contributed by atoms with Crippen molar-refractivity contribution in [3.8, 4) is 5.69 Å². The Morgan fingerprint density at radius 1 is 1.16 bits per heavy atom. The van der Waals surface area contributed by atoms with E-state index in [4.69, 9.17) is 0 Å². The van der Waals surface area contributed by atoms with E-state index in [0.29, 0.717) is 17.3 Å². The summed E-state index contributed by atoms with van der Waals surface area (Å²) in [5.74, 6) is -0.0420. The van der Waals surface area contributed by atoms with Gasteiger partial charge in [-0.3, -0.25) is 9.36 Å². The van der Waals surface area contributed by atoms with Crippen LogP contribution in [-0.4, -0.2) is 25.7 Å². The number of carbonyl (C=O) groups is 1. The van der Waals surface area contributed by atoms with Gasteiger partial charge in [0, 0.05) is 18.9 Å². The van der Waals surface area contributed by atoms with E-state index in [1.165, 1.54) is 34.6 Å². The third-order valence-electron chi connectivity index (χ3n) is 4.79. The predicted octanol–water partition coefficient (Wildman–Crippen LogP) is 4.70. The number of aromatic nitrogens is 4. The van der Waals surface area contributed by atoms with E-state index < -0.39 is 0 Å². The van der Waals surface area contributed by atoms with Crippen molar-refractivity contribution in [3.63, 3.8) is 0 Å². The molecule has 0 spiro atoms. The van der Waals surface area contributed by atoms with Crippen molar-refractivity contribution < 1.29 is 9.18 Å². The molecule has 6 nitrogen and oxygen atoms in total. The Morgan fingerprint density at radius 3 is 2.77 bits per heavy atom. The zero-order valence-corrected chi connectivity index (χ0v) is 18.6. The molecule has 0 saturated carbocycles. The number of benzene rings is 2. The van der Waals surface area contributed by atoms with Gasteiger partial charge in [0.2, 0.25) is 5.01 Å². The lowest BCUT2D eigenvalue weighted by molar-refractivity contribution is 0.0950. The molecule has 0 atom stereocenters. The van der Waals surface area contributed by atoms with Crippen LogP contribution >= 0.6 is 23.1 Å². The molecule has 2 aromatic heterocycles. The summed E-state index contributed by atoms with van der Waals surface area (Å²) in [6.07, 6.45) is 3.72. The summed E-state index contributed by atoms with van der Waals surface area (Å²) in [7, 11) is 0. The SMILES string of the molecule is Cc1cccc(-n2ccnc2SCc2nnc(C(=O)NCc3ccc(F)cc3)s2)c1C. The fourth-order valence-corrected chi connectivity index (χ4v) is 4.67. The number of imidazole rings is 1. The van der Waals surface area contributed by atoms with Crippen LogP contribution in [0.5, 0.6) is 0 Å². The lowest BCUT2D eigenvalue weighted by Gasteiger charge is -2.11. The van der Waals surface area contributed by atoms with E-state index in [2.05, 4.69) is 51.0 Å². The number of rotatable bonds is 7. The van der Waals surface area contributed by atoms with Gasteiger partial charge in [-0.2, -0.15) is 0 Å². The quantitative estimate of drug-likeness (QED) is 0.411. The molecule has 0 radical (unpaired) electrons. The second-order valence-electron chi connectivity index (χ2n) is 6.90. The summed E-state index contributed by atoms with van der Waals surface area (Å²) < 4.78 is 15.0. The third-order valence-corrected chi connectivity index (χ3v) is 6.88. The molecule has 0 saturated heterocycles. The van der Waals surface area contributed by atoms with Crippen LogP contribution in [0.2, 0.25) is 0 Å². The zero-order chi connectivity index (χ0) is 21.8.